The standard InChI is InChI=1S/C18H13BrF3N5O3S/c1-10(28)23-9-16-24-25-17(26(16)13-5-3-12(19)4-6-13)31-15-7-2-11(18(20,21)22)8-14(15)27(29)30/h2-8H,9H2,1H3,(H,23,28). The monoisotopic (exact) mass is 515 g/mol. The molecule has 0 radical (unpaired) electrons. The second-order valence-corrected chi connectivity index (χ2v) is 8.08. The Morgan fingerprint density at radius 3 is 2.48 bits per heavy atom. The number of nitro groups is 1. The Morgan fingerprint density at radius 1 is 1.23 bits per heavy atom. The van der Waals surface area contributed by atoms with Gasteiger partial charge < -0.3 is 5.32 Å². The van der Waals surface area contributed by atoms with Crippen LogP contribution in [0.5, 0.6) is 0 Å². The van der Waals surface area contributed by atoms with Gasteiger partial charge in [0.25, 0.3) is 5.69 Å². The molecule has 31 heavy (non-hydrogen) atoms. The summed E-state index contributed by atoms with van der Waals surface area (Å²) in [4.78, 5) is 21.8. The summed E-state index contributed by atoms with van der Waals surface area (Å²) in [5, 5.41) is 22.2. The molecule has 1 aromatic heterocycles. The van der Waals surface area contributed by atoms with Crippen LogP contribution in [0.4, 0.5) is 18.9 Å². The zero-order valence-electron chi connectivity index (χ0n) is 15.7. The number of nitrogens with zero attached hydrogens (tertiary/aromatic N) is 4. The normalized spacial score (nSPS) is 11.4. The number of carbonyl (C=O) groups is 1. The first-order valence-corrected chi connectivity index (χ1v) is 10.2. The number of benzene rings is 2. The molecule has 0 unspecified atom stereocenters. The molecule has 1 heterocycles. The van der Waals surface area contributed by atoms with E-state index in [-0.39, 0.29) is 22.5 Å². The van der Waals surface area contributed by atoms with Crippen LogP contribution in [0.2, 0.25) is 0 Å². The molecule has 1 N–H and O–H groups in total. The predicted octanol–water partition coefficient (Wildman–Crippen LogP) is 4.74. The Bertz CT molecular complexity index is 1140. The molecule has 0 atom stereocenters. The summed E-state index contributed by atoms with van der Waals surface area (Å²) in [5.74, 6) is 0.0486. The van der Waals surface area contributed by atoms with E-state index in [1.807, 2.05) is 0 Å². The lowest BCUT2D eigenvalue weighted by atomic mass is 10.2. The molecule has 1 amide bonds. The maximum atomic E-state index is 13.0. The van der Waals surface area contributed by atoms with Crippen molar-refractivity contribution in [3.63, 3.8) is 0 Å². The van der Waals surface area contributed by atoms with E-state index in [4.69, 9.17) is 0 Å². The van der Waals surface area contributed by atoms with E-state index < -0.39 is 22.4 Å². The van der Waals surface area contributed by atoms with E-state index >= 15 is 0 Å². The number of carbonyl (C=O) groups excluding carboxylic acids is 1. The van der Waals surface area contributed by atoms with Crippen LogP contribution >= 0.6 is 27.7 Å². The van der Waals surface area contributed by atoms with E-state index in [1.165, 1.54) is 6.92 Å². The summed E-state index contributed by atoms with van der Waals surface area (Å²) in [6, 6.07) is 9.26. The Hall–Kier alpha value is -2.93. The van der Waals surface area contributed by atoms with Gasteiger partial charge >= 0.3 is 6.18 Å². The average molecular weight is 516 g/mol. The van der Waals surface area contributed by atoms with Crippen LogP contribution in [-0.2, 0) is 17.5 Å². The Balaban J connectivity index is 2.06. The highest BCUT2D eigenvalue weighted by atomic mass is 79.9. The van der Waals surface area contributed by atoms with Crippen LogP contribution in [-0.4, -0.2) is 25.6 Å². The van der Waals surface area contributed by atoms with E-state index in [0.717, 1.165) is 28.4 Å². The van der Waals surface area contributed by atoms with Crippen LogP contribution < -0.4 is 5.32 Å². The fourth-order valence-corrected chi connectivity index (χ4v) is 3.77. The van der Waals surface area contributed by atoms with Crippen LogP contribution in [0.25, 0.3) is 5.69 Å². The lowest BCUT2D eigenvalue weighted by molar-refractivity contribution is -0.388. The summed E-state index contributed by atoms with van der Waals surface area (Å²) in [6.45, 7) is 1.37. The highest BCUT2D eigenvalue weighted by molar-refractivity contribution is 9.10. The quantitative estimate of drug-likeness (QED) is 0.375. The molecule has 0 saturated heterocycles. The first kappa shape index (κ1) is 22.7. The van der Waals surface area contributed by atoms with Crippen LogP contribution in [0, 0.1) is 10.1 Å². The Labute approximate surface area is 186 Å². The molecular formula is C18H13BrF3N5O3S. The maximum Gasteiger partial charge on any atom is 0.416 e. The van der Waals surface area contributed by atoms with Gasteiger partial charge in [-0.25, -0.2) is 0 Å². The fourth-order valence-electron chi connectivity index (χ4n) is 2.55. The molecule has 0 bridgehead atoms. The van der Waals surface area contributed by atoms with Crippen molar-refractivity contribution in [3.8, 4) is 5.69 Å². The molecule has 0 fully saturated rings. The molecule has 0 aliphatic rings. The van der Waals surface area contributed by atoms with Crippen molar-refractivity contribution in [3.05, 3.63) is 68.4 Å². The van der Waals surface area contributed by atoms with Crippen molar-refractivity contribution >= 4 is 39.3 Å². The average Bonchev–Trinajstić information content (AvgIpc) is 3.08. The number of nitrogens with one attached hydrogen (secondary N) is 1. The molecule has 0 aliphatic heterocycles. The summed E-state index contributed by atoms with van der Waals surface area (Å²) in [5.41, 5.74) is -1.22. The second-order valence-electron chi connectivity index (χ2n) is 6.16. The lowest BCUT2D eigenvalue weighted by Gasteiger charge is -2.12. The van der Waals surface area contributed by atoms with E-state index in [9.17, 15) is 28.1 Å². The van der Waals surface area contributed by atoms with Gasteiger partial charge in [0.1, 0.15) is 0 Å². The fraction of sp³-hybridized carbons (Fsp3) is 0.167. The topological polar surface area (TPSA) is 103 Å². The number of alkyl halides is 3. The van der Waals surface area contributed by atoms with Crippen LogP contribution in [0.15, 0.2) is 57.0 Å². The van der Waals surface area contributed by atoms with Gasteiger partial charge in [0.2, 0.25) is 11.1 Å². The number of amides is 1. The SMILES string of the molecule is CC(=O)NCc1nnc(Sc2ccc(C(F)(F)F)cc2[N+](=O)[O-])n1-c1ccc(Br)cc1. The van der Waals surface area contributed by atoms with Gasteiger partial charge in [0.15, 0.2) is 5.82 Å². The molecule has 0 saturated carbocycles. The summed E-state index contributed by atoms with van der Waals surface area (Å²) in [6.07, 6.45) is -4.71. The molecule has 0 aliphatic carbocycles. The predicted molar refractivity (Wildman–Crippen MR) is 109 cm³/mol. The van der Waals surface area contributed by atoms with E-state index in [0.29, 0.717) is 17.6 Å². The van der Waals surface area contributed by atoms with Crippen molar-refractivity contribution in [2.24, 2.45) is 0 Å². The number of rotatable bonds is 6. The van der Waals surface area contributed by atoms with Gasteiger partial charge in [0, 0.05) is 23.2 Å². The third-order valence-electron chi connectivity index (χ3n) is 3.96. The largest absolute Gasteiger partial charge is 0.416 e. The first-order chi connectivity index (χ1) is 14.6. The first-order valence-electron chi connectivity index (χ1n) is 8.54. The molecule has 13 heteroatoms. The van der Waals surface area contributed by atoms with E-state index in [2.05, 4.69) is 31.4 Å². The summed E-state index contributed by atoms with van der Waals surface area (Å²) in [7, 11) is 0. The number of nitro benzene ring substituents is 1. The zero-order chi connectivity index (χ0) is 22.8. The zero-order valence-corrected chi connectivity index (χ0v) is 18.1. The summed E-state index contributed by atoms with van der Waals surface area (Å²) < 4.78 is 41.3. The van der Waals surface area contributed by atoms with Crippen molar-refractivity contribution in [1.82, 2.24) is 20.1 Å². The minimum Gasteiger partial charge on any atom is -0.349 e. The third kappa shape index (κ3) is 5.41. The van der Waals surface area contributed by atoms with Crippen molar-refractivity contribution in [2.75, 3.05) is 0 Å². The molecule has 3 rings (SSSR count). The molecule has 2 aromatic carbocycles. The van der Waals surface area contributed by atoms with Gasteiger partial charge in [-0.1, -0.05) is 15.9 Å². The highest BCUT2D eigenvalue weighted by Crippen LogP contribution is 2.39. The minimum absolute atomic E-state index is 0.0326. The Morgan fingerprint density at radius 2 is 1.90 bits per heavy atom. The second kappa shape index (κ2) is 9.06. The van der Waals surface area contributed by atoms with Gasteiger partial charge in [0.05, 0.1) is 21.9 Å². The van der Waals surface area contributed by atoms with E-state index in [1.54, 1.807) is 28.8 Å². The highest BCUT2D eigenvalue weighted by Gasteiger charge is 2.33. The molecule has 162 valence electrons. The van der Waals surface area contributed by atoms with Crippen LogP contribution in [0.1, 0.15) is 18.3 Å². The molecule has 0 spiro atoms. The molecular weight excluding hydrogens is 503 g/mol. The third-order valence-corrected chi connectivity index (χ3v) is 5.51. The molecule has 8 nitrogen and oxygen atoms in total. The maximum absolute atomic E-state index is 13.0. The van der Waals surface area contributed by atoms with Gasteiger partial charge in [-0.2, -0.15) is 13.2 Å². The number of halogens is 4. The lowest BCUT2D eigenvalue weighted by Crippen LogP contribution is -2.21. The number of aromatic nitrogens is 3. The smallest absolute Gasteiger partial charge is 0.349 e. The van der Waals surface area contributed by atoms with Gasteiger partial charge in [-0.3, -0.25) is 19.5 Å². The Kier molecular flexibility index (Phi) is 6.65. The van der Waals surface area contributed by atoms with Crippen LogP contribution in [0.3, 0.4) is 0 Å². The molecule has 3 aromatic rings. The minimum atomic E-state index is -4.71. The van der Waals surface area contributed by atoms with Crippen molar-refractivity contribution in [1.29, 1.82) is 0 Å². The number of hydrogen-bond donors (Lipinski definition) is 1. The van der Waals surface area contributed by atoms with Gasteiger partial charge in [-0.05, 0) is 48.2 Å². The summed E-state index contributed by atoms with van der Waals surface area (Å²) >= 11 is 4.13. The van der Waals surface area contributed by atoms with Crippen molar-refractivity contribution in [2.45, 2.75) is 29.7 Å². The van der Waals surface area contributed by atoms with Crippen molar-refractivity contribution < 1.29 is 22.9 Å². The number of hydrogen-bond acceptors (Lipinski definition) is 6. The van der Waals surface area contributed by atoms with Gasteiger partial charge in [-0.15, -0.1) is 10.2 Å².